The highest BCUT2D eigenvalue weighted by atomic mass is 32.1. The summed E-state index contributed by atoms with van der Waals surface area (Å²) in [5, 5.41) is 4.00. The predicted octanol–water partition coefficient (Wildman–Crippen LogP) is 1.28. The van der Waals surface area contributed by atoms with Gasteiger partial charge in [0.15, 0.2) is 5.11 Å². The van der Waals surface area contributed by atoms with Crippen molar-refractivity contribution < 1.29 is 4.79 Å². The molecule has 3 rings (SSSR count). The van der Waals surface area contributed by atoms with Crippen LogP contribution in [-0.2, 0) is 4.79 Å². The van der Waals surface area contributed by atoms with Gasteiger partial charge in [0.1, 0.15) is 0 Å². The molecule has 2 aliphatic carbocycles. The highest BCUT2D eigenvalue weighted by molar-refractivity contribution is 7.80. The summed E-state index contributed by atoms with van der Waals surface area (Å²) in [5.41, 5.74) is 0. The molecular formula is C11H16N2OS. The van der Waals surface area contributed by atoms with Gasteiger partial charge < -0.3 is 5.32 Å². The highest BCUT2D eigenvalue weighted by Gasteiger charge is 2.43. The molecule has 82 valence electrons. The van der Waals surface area contributed by atoms with Gasteiger partial charge in [0, 0.05) is 12.6 Å². The first-order chi connectivity index (χ1) is 7.25. The molecule has 3 fully saturated rings. The van der Waals surface area contributed by atoms with Gasteiger partial charge in [-0.2, -0.15) is 0 Å². The van der Waals surface area contributed by atoms with Gasteiger partial charge in [-0.05, 0) is 43.8 Å². The monoisotopic (exact) mass is 224 g/mol. The molecule has 2 saturated carbocycles. The fourth-order valence-electron chi connectivity index (χ4n) is 2.70. The van der Waals surface area contributed by atoms with Crippen molar-refractivity contribution in [1.29, 1.82) is 0 Å². The van der Waals surface area contributed by atoms with Crippen molar-refractivity contribution in [2.75, 3.05) is 6.54 Å². The van der Waals surface area contributed by atoms with Crippen molar-refractivity contribution in [2.24, 2.45) is 11.8 Å². The normalized spacial score (nSPS) is 35.3. The third-order valence-electron chi connectivity index (χ3n) is 3.79. The van der Waals surface area contributed by atoms with Gasteiger partial charge in [-0.15, -0.1) is 0 Å². The number of nitrogens with one attached hydrogen (secondary N) is 1. The van der Waals surface area contributed by atoms with E-state index in [0.717, 1.165) is 25.8 Å². The summed E-state index contributed by atoms with van der Waals surface area (Å²) < 4.78 is 0. The molecule has 0 spiro atoms. The minimum atomic E-state index is 0.204. The van der Waals surface area contributed by atoms with Gasteiger partial charge >= 0.3 is 0 Å². The molecule has 15 heavy (non-hydrogen) atoms. The molecule has 0 bridgehead atoms. The lowest BCUT2D eigenvalue weighted by molar-refractivity contribution is -0.133. The van der Waals surface area contributed by atoms with Crippen LogP contribution in [0.2, 0.25) is 0 Å². The van der Waals surface area contributed by atoms with Crippen LogP contribution in [0.1, 0.15) is 32.1 Å². The molecule has 3 aliphatic rings. The first-order valence-corrected chi connectivity index (χ1v) is 6.28. The van der Waals surface area contributed by atoms with Crippen molar-refractivity contribution in [1.82, 2.24) is 10.2 Å². The Morgan fingerprint density at radius 1 is 1.33 bits per heavy atom. The molecule has 1 amide bonds. The van der Waals surface area contributed by atoms with Crippen molar-refractivity contribution in [3.63, 3.8) is 0 Å². The Kier molecular flexibility index (Phi) is 2.20. The Balaban J connectivity index is 1.75. The van der Waals surface area contributed by atoms with Crippen LogP contribution >= 0.6 is 12.2 Å². The number of carbonyl (C=O) groups is 1. The molecule has 1 saturated heterocycles. The van der Waals surface area contributed by atoms with Gasteiger partial charge in [0.25, 0.3) is 0 Å². The van der Waals surface area contributed by atoms with Crippen LogP contribution in [0, 0.1) is 11.8 Å². The molecule has 0 aromatic carbocycles. The second-order valence-corrected chi connectivity index (χ2v) is 5.37. The second-order valence-electron chi connectivity index (χ2n) is 4.99. The van der Waals surface area contributed by atoms with E-state index >= 15 is 0 Å². The standard InChI is InChI=1S/C11H16N2OS/c14-10-8-2-1-3-9(8)12-11(15)13(10)6-7-4-5-7/h7-9H,1-6H2,(H,12,15). The first-order valence-electron chi connectivity index (χ1n) is 5.87. The van der Waals surface area contributed by atoms with Crippen LogP contribution in [-0.4, -0.2) is 28.5 Å². The van der Waals surface area contributed by atoms with Gasteiger partial charge in [0.2, 0.25) is 5.91 Å². The Bertz CT molecular complexity index is 314. The van der Waals surface area contributed by atoms with Crippen LogP contribution in [0.25, 0.3) is 0 Å². The van der Waals surface area contributed by atoms with Crippen LogP contribution in [0.3, 0.4) is 0 Å². The van der Waals surface area contributed by atoms with Crippen LogP contribution in [0.4, 0.5) is 0 Å². The van der Waals surface area contributed by atoms with E-state index in [-0.39, 0.29) is 11.8 Å². The summed E-state index contributed by atoms with van der Waals surface area (Å²) in [4.78, 5) is 14.0. The van der Waals surface area contributed by atoms with E-state index in [1.165, 1.54) is 12.8 Å². The van der Waals surface area contributed by atoms with E-state index in [1.807, 2.05) is 4.90 Å². The highest BCUT2D eigenvalue weighted by Crippen LogP contribution is 2.34. The molecule has 2 atom stereocenters. The predicted molar refractivity (Wildman–Crippen MR) is 61.3 cm³/mol. The fourth-order valence-corrected chi connectivity index (χ4v) is 3.01. The minimum Gasteiger partial charge on any atom is -0.359 e. The van der Waals surface area contributed by atoms with E-state index in [9.17, 15) is 4.79 Å². The number of fused-ring (bicyclic) bond motifs is 1. The average molecular weight is 224 g/mol. The zero-order valence-electron chi connectivity index (χ0n) is 8.74. The summed E-state index contributed by atoms with van der Waals surface area (Å²) in [6.07, 6.45) is 5.84. The maximum absolute atomic E-state index is 12.2. The average Bonchev–Trinajstić information content (AvgIpc) is 2.90. The van der Waals surface area contributed by atoms with Gasteiger partial charge in [0.05, 0.1) is 5.92 Å². The van der Waals surface area contributed by atoms with Crippen LogP contribution < -0.4 is 5.32 Å². The lowest BCUT2D eigenvalue weighted by atomic mass is 10.00. The lowest BCUT2D eigenvalue weighted by Crippen LogP contribution is -2.58. The quantitative estimate of drug-likeness (QED) is 0.717. The van der Waals surface area contributed by atoms with Crippen LogP contribution in [0.15, 0.2) is 0 Å². The zero-order valence-corrected chi connectivity index (χ0v) is 9.55. The van der Waals surface area contributed by atoms with E-state index in [1.54, 1.807) is 0 Å². The van der Waals surface area contributed by atoms with Gasteiger partial charge in [-0.25, -0.2) is 0 Å². The number of carbonyl (C=O) groups excluding carboxylic acids is 1. The van der Waals surface area contributed by atoms with Crippen LogP contribution in [0.5, 0.6) is 0 Å². The van der Waals surface area contributed by atoms with E-state index in [4.69, 9.17) is 12.2 Å². The molecule has 1 aliphatic heterocycles. The molecule has 0 radical (unpaired) electrons. The SMILES string of the molecule is O=C1C2CCCC2NC(=S)N1CC1CC1. The smallest absolute Gasteiger partial charge is 0.233 e. The molecule has 1 N–H and O–H groups in total. The van der Waals surface area contributed by atoms with E-state index < -0.39 is 0 Å². The van der Waals surface area contributed by atoms with E-state index in [2.05, 4.69) is 5.32 Å². The number of hydrogen-bond donors (Lipinski definition) is 1. The number of rotatable bonds is 2. The molecule has 0 aromatic rings. The molecule has 0 aromatic heterocycles. The Morgan fingerprint density at radius 3 is 2.87 bits per heavy atom. The van der Waals surface area contributed by atoms with Crippen molar-refractivity contribution in [2.45, 2.75) is 38.1 Å². The molecule has 1 heterocycles. The number of nitrogens with zero attached hydrogens (tertiary/aromatic N) is 1. The minimum absolute atomic E-state index is 0.204. The lowest BCUT2D eigenvalue weighted by Gasteiger charge is -2.36. The molecular weight excluding hydrogens is 208 g/mol. The zero-order chi connectivity index (χ0) is 10.4. The Morgan fingerprint density at radius 2 is 2.13 bits per heavy atom. The molecule has 4 heteroatoms. The first kappa shape index (κ1) is 9.58. The van der Waals surface area contributed by atoms with Gasteiger partial charge in [-0.1, -0.05) is 6.42 Å². The van der Waals surface area contributed by atoms with E-state index in [0.29, 0.717) is 17.1 Å². The summed E-state index contributed by atoms with van der Waals surface area (Å²) in [5.74, 6) is 1.20. The largest absolute Gasteiger partial charge is 0.359 e. The Hall–Kier alpha value is -0.640. The van der Waals surface area contributed by atoms with Crippen molar-refractivity contribution in [3.8, 4) is 0 Å². The summed E-state index contributed by atoms with van der Waals surface area (Å²) in [7, 11) is 0. The number of hydrogen-bond acceptors (Lipinski definition) is 2. The van der Waals surface area contributed by atoms with Gasteiger partial charge in [-0.3, -0.25) is 9.69 Å². The second kappa shape index (κ2) is 3.44. The third-order valence-corrected chi connectivity index (χ3v) is 4.13. The fraction of sp³-hybridized carbons (Fsp3) is 0.818. The Labute approximate surface area is 95.2 Å². The maximum atomic E-state index is 12.2. The van der Waals surface area contributed by atoms with Crippen molar-refractivity contribution >= 4 is 23.2 Å². The topological polar surface area (TPSA) is 32.3 Å². The summed E-state index contributed by atoms with van der Waals surface area (Å²) in [6, 6.07) is 0.334. The molecule has 2 unspecified atom stereocenters. The summed E-state index contributed by atoms with van der Waals surface area (Å²) >= 11 is 5.27. The number of amides is 1. The summed E-state index contributed by atoms with van der Waals surface area (Å²) in [6.45, 7) is 0.855. The van der Waals surface area contributed by atoms with Crippen molar-refractivity contribution in [3.05, 3.63) is 0 Å². The molecule has 3 nitrogen and oxygen atoms in total. The number of thiocarbonyl (C=S) groups is 1. The third kappa shape index (κ3) is 1.65. The maximum Gasteiger partial charge on any atom is 0.233 e.